The van der Waals surface area contributed by atoms with Gasteiger partial charge in [0.1, 0.15) is 0 Å². The van der Waals surface area contributed by atoms with Gasteiger partial charge in [0.05, 0.1) is 0 Å². The van der Waals surface area contributed by atoms with Crippen molar-refractivity contribution in [2.45, 2.75) is 56.9 Å². The average Bonchev–Trinajstić information content (AvgIpc) is 2.39. The van der Waals surface area contributed by atoms with Crippen molar-refractivity contribution >= 4 is 8.07 Å². The third-order valence-corrected chi connectivity index (χ3v) is 5.60. The van der Waals surface area contributed by atoms with Crippen LogP contribution in [0.2, 0.25) is 25.7 Å². The van der Waals surface area contributed by atoms with Crippen molar-refractivity contribution in [1.82, 2.24) is 0 Å². The second kappa shape index (κ2) is 2.83. The van der Waals surface area contributed by atoms with E-state index in [4.69, 9.17) is 5.73 Å². The van der Waals surface area contributed by atoms with E-state index in [1.54, 1.807) is 0 Å². The second-order valence-electron chi connectivity index (χ2n) is 6.55. The lowest BCUT2D eigenvalue weighted by molar-refractivity contribution is 0.294. The summed E-state index contributed by atoms with van der Waals surface area (Å²) in [4.78, 5) is 0. The van der Waals surface area contributed by atoms with Crippen molar-refractivity contribution in [3.63, 3.8) is 0 Å². The van der Waals surface area contributed by atoms with E-state index in [2.05, 4.69) is 19.6 Å². The minimum atomic E-state index is -0.957. The van der Waals surface area contributed by atoms with Gasteiger partial charge in [0, 0.05) is 13.6 Å². The van der Waals surface area contributed by atoms with Gasteiger partial charge in [-0.2, -0.15) is 0 Å². The minimum absolute atomic E-state index is 0.257. The summed E-state index contributed by atoms with van der Waals surface area (Å²) in [6.07, 6.45) is 5.67. The molecule has 2 rings (SSSR count). The zero-order valence-corrected chi connectivity index (χ0v) is 10.3. The summed E-state index contributed by atoms with van der Waals surface area (Å²) < 4.78 is 0. The number of hydrogen-bond donors (Lipinski definition) is 1. The molecule has 0 saturated heterocycles. The molecule has 0 radical (unpaired) electrons. The molecule has 3 atom stereocenters. The van der Waals surface area contributed by atoms with Gasteiger partial charge >= 0.3 is 0 Å². The molecule has 2 heteroatoms. The number of nitrogens with two attached hydrogens (primary N) is 1. The van der Waals surface area contributed by atoms with Gasteiger partial charge < -0.3 is 5.73 Å². The smallest absolute Gasteiger partial charge is 0.0460 e. The molecular formula is C11H23NSi. The molecule has 2 aliphatic rings. The molecule has 13 heavy (non-hydrogen) atoms. The fourth-order valence-corrected chi connectivity index (χ4v) is 6.10. The van der Waals surface area contributed by atoms with Crippen molar-refractivity contribution in [3.8, 4) is 0 Å². The first-order chi connectivity index (χ1) is 5.89. The highest BCUT2D eigenvalue weighted by molar-refractivity contribution is 6.76. The lowest BCUT2D eigenvalue weighted by Crippen LogP contribution is -2.49. The van der Waals surface area contributed by atoms with Crippen LogP contribution in [0.5, 0.6) is 0 Å². The highest BCUT2D eigenvalue weighted by Gasteiger charge is 2.49. The van der Waals surface area contributed by atoms with Crippen molar-refractivity contribution in [3.05, 3.63) is 0 Å². The fraction of sp³-hybridized carbons (Fsp3) is 1.00. The maximum absolute atomic E-state index is 6.57. The molecule has 2 bridgehead atoms. The monoisotopic (exact) mass is 197 g/mol. The van der Waals surface area contributed by atoms with Gasteiger partial charge in [0.25, 0.3) is 0 Å². The molecule has 0 aromatic heterocycles. The third-order valence-electron chi connectivity index (χ3n) is 3.88. The Hall–Kier alpha value is 0.177. The molecule has 2 fully saturated rings. The van der Waals surface area contributed by atoms with Crippen LogP contribution in [0.15, 0.2) is 0 Å². The second-order valence-corrected chi connectivity index (χ2v) is 12.0. The Morgan fingerprint density at radius 1 is 1.31 bits per heavy atom. The maximum atomic E-state index is 6.57. The largest absolute Gasteiger partial charge is 0.325 e. The van der Waals surface area contributed by atoms with Crippen molar-refractivity contribution in [2.75, 3.05) is 0 Å². The molecule has 2 aliphatic carbocycles. The van der Waals surface area contributed by atoms with Gasteiger partial charge in [0.2, 0.25) is 0 Å². The maximum Gasteiger partial charge on any atom is 0.0460 e. The van der Waals surface area contributed by atoms with E-state index < -0.39 is 8.07 Å². The summed E-state index contributed by atoms with van der Waals surface area (Å²) in [5, 5.41) is 0. The first kappa shape index (κ1) is 9.72. The van der Waals surface area contributed by atoms with Gasteiger partial charge in [-0.15, -0.1) is 0 Å². The van der Waals surface area contributed by atoms with E-state index in [1.165, 1.54) is 31.7 Å². The summed E-state index contributed by atoms with van der Waals surface area (Å²) in [6.45, 7) is 7.36. The van der Waals surface area contributed by atoms with Crippen LogP contribution in [0.4, 0.5) is 0 Å². The normalized spacial score (nSPS) is 44.3. The van der Waals surface area contributed by atoms with Crippen LogP contribution in [0, 0.1) is 11.8 Å². The Balaban J connectivity index is 2.06. The molecule has 0 aromatic carbocycles. The molecule has 76 valence electrons. The number of rotatable bonds is 2. The zero-order valence-electron chi connectivity index (χ0n) is 9.27. The van der Waals surface area contributed by atoms with Crippen LogP contribution in [0.3, 0.4) is 0 Å². The van der Waals surface area contributed by atoms with Crippen molar-refractivity contribution in [1.29, 1.82) is 0 Å². The zero-order chi connectivity index (χ0) is 9.69. The molecule has 3 unspecified atom stereocenters. The summed E-state index contributed by atoms with van der Waals surface area (Å²) >= 11 is 0. The summed E-state index contributed by atoms with van der Waals surface area (Å²) in [5.74, 6) is 1.87. The average molecular weight is 197 g/mol. The van der Waals surface area contributed by atoms with Crippen LogP contribution in [-0.4, -0.2) is 13.6 Å². The number of hydrogen-bond acceptors (Lipinski definition) is 1. The van der Waals surface area contributed by atoms with Gasteiger partial charge in [-0.1, -0.05) is 26.1 Å². The standard InChI is InChI=1S/C11H23NSi/c1-13(2,3)8-11(12)7-9-4-5-10(11)6-9/h9-10H,4-8,12H2,1-3H3. The van der Waals surface area contributed by atoms with E-state index in [9.17, 15) is 0 Å². The Kier molecular flexibility index (Phi) is 2.12. The topological polar surface area (TPSA) is 26.0 Å². The Morgan fingerprint density at radius 2 is 2.00 bits per heavy atom. The van der Waals surface area contributed by atoms with E-state index in [0.29, 0.717) is 0 Å². The van der Waals surface area contributed by atoms with Crippen molar-refractivity contribution < 1.29 is 0 Å². The first-order valence-electron chi connectivity index (χ1n) is 5.68. The lowest BCUT2D eigenvalue weighted by atomic mass is 9.83. The molecule has 0 spiro atoms. The lowest BCUT2D eigenvalue weighted by Gasteiger charge is -2.38. The molecular weight excluding hydrogens is 174 g/mol. The Bertz CT molecular complexity index is 209. The Labute approximate surface area is 83.1 Å². The molecule has 0 aliphatic heterocycles. The number of fused-ring (bicyclic) bond motifs is 2. The fourth-order valence-electron chi connectivity index (χ4n) is 3.69. The van der Waals surface area contributed by atoms with E-state index in [-0.39, 0.29) is 5.54 Å². The Morgan fingerprint density at radius 3 is 2.38 bits per heavy atom. The van der Waals surface area contributed by atoms with Crippen LogP contribution >= 0.6 is 0 Å². The quantitative estimate of drug-likeness (QED) is 0.677. The molecule has 2 N–H and O–H groups in total. The molecule has 0 aromatic rings. The highest BCUT2D eigenvalue weighted by atomic mass is 28.3. The molecule has 2 saturated carbocycles. The van der Waals surface area contributed by atoms with E-state index in [0.717, 1.165) is 11.8 Å². The van der Waals surface area contributed by atoms with Crippen LogP contribution in [-0.2, 0) is 0 Å². The molecule has 0 heterocycles. The van der Waals surface area contributed by atoms with Crippen LogP contribution < -0.4 is 5.73 Å². The van der Waals surface area contributed by atoms with Gasteiger partial charge in [-0.3, -0.25) is 0 Å². The van der Waals surface area contributed by atoms with Crippen LogP contribution in [0.1, 0.15) is 25.7 Å². The molecule has 0 amide bonds. The van der Waals surface area contributed by atoms with E-state index in [1.807, 2.05) is 0 Å². The molecule has 1 nitrogen and oxygen atoms in total. The first-order valence-corrected chi connectivity index (χ1v) is 9.39. The third kappa shape index (κ3) is 1.84. The highest BCUT2D eigenvalue weighted by Crippen LogP contribution is 2.52. The van der Waals surface area contributed by atoms with Gasteiger partial charge in [-0.25, -0.2) is 0 Å². The summed E-state index contributed by atoms with van der Waals surface area (Å²) in [6, 6.07) is 1.35. The van der Waals surface area contributed by atoms with Gasteiger partial charge in [-0.05, 0) is 37.1 Å². The predicted octanol–water partition coefficient (Wildman–Crippen LogP) is 2.84. The van der Waals surface area contributed by atoms with Gasteiger partial charge in [0.15, 0.2) is 0 Å². The summed E-state index contributed by atoms with van der Waals surface area (Å²) in [7, 11) is -0.957. The van der Waals surface area contributed by atoms with Crippen molar-refractivity contribution in [2.24, 2.45) is 17.6 Å². The predicted molar refractivity (Wildman–Crippen MR) is 60.5 cm³/mol. The summed E-state index contributed by atoms with van der Waals surface area (Å²) in [5.41, 5.74) is 6.82. The SMILES string of the molecule is C[Si](C)(C)CC1(N)CC2CCC1C2. The minimum Gasteiger partial charge on any atom is -0.325 e. The van der Waals surface area contributed by atoms with E-state index >= 15 is 0 Å². The van der Waals surface area contributed by atoms with Crippen LogP contribution in [0.25, 0.3) is 0 Å².